The molecule has 4 heteroatoms. The topological polar surface area (TPSA) is 58.6 Å². The molecule has 2 N–H and O–H groups in total. The number of carbonyl (C=O) groups excluding carboxylic acids is 1. The second-order valence-electron chi connectivity index (χ2n) is 5.36. The maximum Gasteiger partial charge on any atom is 0.251 e. The van der Waals surface area contributed by atoms with Crippen LogP contribution in [0.5, 0.6) is 5.75 Å². The van der Waals surface area contributed by atoms with E-state index in [1.807, 2.05) is 19.1 Å². The Hall–Kier alpha value is -1.55. The lowest BCUT2D eigenvalue weighted by atomic mass is 9.93. The molecule has 1 aliphatic carbocycles. The molecule has 1 aromatic carbocycles. The predicted octanol–water partition coefficient (Wildman–Crippen LogP) is 2.51. The van der Waals surface area contributed by atoms with Gasteiger partial charge in [0.2, 0.25) is 0 Å². The van der Waals surface area contributed by atoms with Crippen molar-refractivity contribution >= 4 is 5.91 Å². The minimum Gasteiger partial charge on any atom is -0.494 e. The first-order valence-corrected chi connectivity index (χ1v) is 7.41. The van der Waals surface area contributed by atoms with Crippen LogP contribution in [-0.2, 0) is 0 Å². The number of rotatable bonds is 5. The van der Waals surface area contributed by atoms with Crippen LogP contribution in [0.3, 0.4) is 0 Å². The Morgan fingerprint density at radius 1 is 1.35 bits per heavy atom. The first-order chi connectivity index (χ1) is 9.69. The van der Waals surface area contributed by atoms with E-state index >= 15 is 0 Å². The van der Waals surface area contributed by atoms with Crippen molar-refractivity contribution in [2.75, 3.05) is 6.61 Å². The maximum absolute atomic E-state index is 12.2. The second-order valence-corrected chi connectivity index (χ2v) is 5.36. The quantitative estimate of drug-likeness (QED) is 0.869. The van der Waals surface area contributed by atoms with E-state index in [0.717, 1.165) is 37.9 Å². The van der Waals surface area contributed by atoms with Crippen LogP contribution < -0.4 is 10.1 Å². The highest BCUT2D eigenvalue weighted by Crippen LogP contribution is 2.19. The summed E-state index contributed by atoms with van der Waals surface area (Å²) < 4.78 is 5.54. The molecule has 0 heterocycles. The van der Waals surface area contributed by atoms with Crippen molar-refractivity contribution in [3.8, 4) is 5.75 Å². The van der Waals surface area contributed by atoms with E-state index in [0.29, 0.717) is 12.2 Å². The minimum atomic E-state index is -0.200. The lowest BCUT2D eigenvalue weighted by molar-refractivity contribution is 0.0867. The molecule has 1 saturated carbocycles. The molecule has 0 aliphatic heterocycles. The number of nitrogens with one attached hydrogen (secondary N) is 1. The van der Waals surface area contributed by atoms with E-state index in [-0.39, 0.29) is 18.1 Å². The monoisotopic (exact) mass is 277 g/mol. The van der Waals surface area contributed by atoms with Gasteiger partial charge < -0.3 is 15.2 Å². The molecule has 0 aromatic heterocycles. The van der Waals surface area contributed by atoms with Crippen molar-refractivity contribution in [2.24, 2.45) is 0 Å². The molecular formula is C16H23NO3. The fourth-order valence-corrected chi connectivity index (χ4v) is 2.44. The average molecular weight is 277 g/mol. The average Bonchev–Trinajstić information content (AvgIpc) is 2.48. The molecule has 1 aliphatic rings. The molecule has 1 amide bonds. The van der Waals surface area contributed by atoms with Gasteiger partial charge in [0.05, 0.1) is 12.7 Å². The first kappa shape index (κ1) is 14.9. The van der Waals surface area contributed by atoms with Gasteiger partial charge in [-0.3, -0.25) is 4.79 Å². The zero-order chi connectivity index (χ0) is 14.4. The summed E-state index contributed by atoms with van der Waals surface area (Å²) in [6, 6.07) is 7.45. The Balaban J connectivity index is 1.91. The summed E-state index contributed by atoms with van der Waals surface area (Å²) in [5, 5.41) is 12.5. The van der Waals surface area contributed by atoms with Crippen molar-refractivity contribution in [2.45, 2.75) is 51.2 Å². The lowest BCUT2D eigenvalue weighted by Gasteiger charge is -2.26. The Bertz CT molecular complexity index is 439. The van der Waals surface area contributed by atoms with Crippen molar-refractivity contribution < 1.29 is 14.6 Å². The van der Waals surface area contributed by atoms with Gasteiger partial charge in [0, 0.05) is 11.6 Å². The number of aliphatic hydroxyl groups is 1. The Labute approximate surface area is 120 Å². The highest BCUT2D eigenvalue weighted by atomic mass is 16.5. The van der Waals surface area contributed by atoms with E-state index in [9.17, 15) is 9.90 Å². The summed E-state index contributed by atoms with van der Waals surface area (Å²) in [4.78, 5) is 12.2. The molecule has 2 rings (SSSR count). The summed E-state index contributed by atoms with van der Waals surface area (Å²) in [6.07, 6.45) is 3.97. The molecule has 0 radical (unpaired) electrons. The number of amides is 1. The first-order valence-electron chi connectivity index (χ1n) is 7.41. The van der Waals surface area contributed by atoms with Gasteiger partial charge in [-0.25, -0.2) is 0 Å². The summed E-state index contributed by atoms with van der Waals surface area (Å²) in [5.74, 6) is 0.673. The smallest absolute Gasteiger partial charge is 0.251 e. The van der Waals surface area contributed by atoms with Crippen LogP contribution in [-0.4, -0.2) is 29.8 Å². The van der Waals surface area contributed by atoms with Crippen LogP contribution in [0.2, 0.25) is 0 Å². The van der Waals surface area contributed by atoms with Crippen LogP contribution in [0, 0.1) is 0 Å². The van der Waals surface area contributed by atoms with E-state index in [4.69, 9.17) is 4.74 Å². The molecule has 0 atom stereocenters. The third-order valence-corrected chi connectivity index (χ3v) is 3.60. The normalized spacial score (nSPS) is 22.3. The standard InChI is InChI=1S/C16H23NO3/c1-2-10-20-15-5-3-4-12(11-15)16(19)17-13-6-8-14(18)9-7-13/h3-5,11,13-14,18H,2,6-10H2,1H3,(H,17,19). The summed E-state index contributed by atoms with van der Waals surface area (Å²) >= 11 is 0. The van der Waals surface area contributed by atoms with E-state index in [2.05, 4.69) is 5.32 Å². The van der Waals surface area contributed by atoms with Crippen molar-refractivity contribution in [3.05, 3.63) is 29.8 Å². The number of ether oxygens (including phenoxy) is 1. The van der Waals surface area contributed by atoms with Gasteiger partial charge in [-0.15, -0.1) is 0 Å². The van der Waals surface area contributed by atoms with Gasteiger partial charge in [-0.1, -0.05) is 13.0 Å². The number of hydrogen-bond acceptors (Lipinski definition) is 3. The molecule has 1 fully saturated rings. The van der Waals surface area contributed by atoms with Crippen LogP contribution in [0.1, 0.15) is 49.4 Å². The van der Waals surface area contributed by atoms with Crippen molar-refractivity contribution in [3.63, 3.8) is 0 Å². The molecule has 0 bridgehead atoms. The zero-order valence-electron chi connectivity index (χ0n) is 12.0. The van der Waals surface area contributed by atoms with E-state index < -0.39 is 0 Å². The maximum atomic E-state index is 12.2. The van der Waals surface area contributed by atoms with E-state index in [1.54, 1.807) is 12.1 Å². The number of carbonyl (C=O) groups is 1. The summed E-state index contributed by atoms with van der Waals surface area (Å²) in [5.41, 5.74) is 0.629. The van der Waals surface area contributed by atoms with Gasteiger partial charge in [0.15, 0.2) is 0 Å². The SMILES string of the molecule is CCCOc1cccc(C(=O)NC2CCC(O)CC2)c1. The van der Waals surface area contributed by atoms with Gasteiger partial charge in [-0.05, 0) is 50.3 Å². The van der Waals surface area contributed by atoms with Crippen molar-refractivity contribution in [1.29, 1.82) is 0 Å². The Kier molecular flexibility index (Phi) is 5.41. The van der Waals surface area contributed by atoms with Crippen LogP contribution in [0.15, 0.2) is 24.3 Å². The molecular weight excluding hydrogens is 254 g/mol. The molecule has 20 heavy (non-hydrogen) atoms. The molecule has 0 spiro atoms. The largest absolute Gasteiger partial charge is 0.494 e. The third-order valence-electron chi connectivity index (χ3n) is 3.60. The molecule has 4 nitrogen and oxygen atoms in total. The molecule has 0 saturated heterocycles. The van der Waals surface area contributed by atoms with Crippen LogP contribution in [0.4, 0.5) is 0 Å². The summed E-state index contributed by atoms with van der Waals surface area (Å²) in [7, 11) is 0. The third kappa shape index (κ3) is 4.23. The van der Waals surface area contributed by atoms with E-state index in [1.165, 1.54) is 0 Å². The minimum absolute atomic E-state index is 0.0617. The molecule has 0 unspecified atom stereocenters. The fraction of sp³-hybridized carbons (Fsp3) is 0.562. The van der Waals surface area contributed by atoms with Crippen LogP contribution in [0.25, 0.3) is 0 Å². The Morgan fingerprint density at radius 2 is 2.10 bits per heavy atom. The van der Waals surface area contributed by atoms with Gasteiger partial charge in [0.25, 0.3) is 5.91 Å². The van der Waals surface area contributed by atoms with Gasteiger partial charge in [-0.2, -0.15) is 0 Å². The highest BCUT2D eigenvalue weighted by Gasteiger charge is 2.21. The summed E-state index contributed by atoms with van der Waals surface area (Å²) in [6.45, 7) is 2.71. The lowest BCUT2D eigenvalue weighted by Crippen LogP contribution is -2.38. The number of aliphatic hydroxyl groups excluding tert-OH is 1. The second kappa shape index (κ2) is 7.29. The van der Waals surface area contributed by atoms with Crippen LogP contribution >= 0.6 is 0 Å². The zero-order valence-corrected chi connectivity index (χ0v) is 12.0. The molecule has 1 aromatic rings. The number of benzene rings is 1. The van der Waals surface area contributed by atoms with Crippen molar-refractivity contribution in [1.82, 2.24) is 5.32 Å². The number of hydrogen-bond donors (Lipinski definition) is 2. The fourth-order valence-electron chi connectivity index (χ4n) is 2.44. The van der Waals surface area contributed by atoms with Gasteiger partial charge >= 0.3 is 0 Å². The Morgan fingerprint density at radius 3 is 2.80 bits per heavy atom. The molecule has 110 valence electrons. The van der Waals surface area contributed by atoms with Gasteiger partial charge in [0.1, 0.15) is 5.75 Å². The highest BCUT2D eigenvalue weighted by molar-refractivity contribution is 5.94. The predicted molar refractivity (Wildman–Crippen MR) is 78.0 cm³/mol.